The Kier molecular flexibility index (Phi) is 4.78. The summed E-state index contributed by atoms with van der Waals surface area (Å²) in [5.41, 5.74) is 0.824. The van der Waals surface area contributed by atoms with Crippen molar-refractivity contribution in [3.8, 4) is 11.5 Å². The number of rotatable bonds is 5. The molecule has 4 rings (SSSR count). The molecule has 5 nitrogen and oxygen atoms in total. The maximum Gasteiger partial charge on any atom is 0.213 e. The molecule has 2 N–H and O–H groups in total. The average molecular weight is 358 g/mol. The van der Waals surface area contributed by atoms with E-state index in [0.29, 0.717) is 24.1 Å². The summed E-state index contributed by atoms with van der Waals surface area (Å²) in [5.74, 6) is 1.47. The van der Waals surface area contributed by atoms with Crippen LogP contribution in [0, 0.1) is 17.8 Å². The van der Waals surface area contributed by atoms with Crippen LogP contribution in [0.1, 0.15) is 24.5 Å². The van der Waals surface area contributed by atoms with Crippen LogP contribution >= 0.6 is 0 Å². The first kappa shape index (κ1) is 17.2. The Morgan fingerprint density at radius 3 is 2.42 bits per heavy atom. The van der Waals surface area contributed by atoms with Crippen LogP contribution in [0.4, 0.5) is 4.39 Å². The number of nitrogens with zero attached hydrogens (tertiary/aromatic N) is 2. The highest BCUT2D eigenvalue weighted by molar-refractivity contribution is 5.27. The van der Waals surface area contributed by atoms with E-state index in [9.17, 15) is 14.6 Å². The number of aromatic nitrogens is 1. The summed E-state index contributed by atoms with van der Waals surface area (Å²) in [6.07, 6.45) is 3.00. The third-order valence-electron chi connectivity index (χ3n) is 5.50. The lowest BCUT2D eigenvalue weighted by molar-refractivity contribution is 0.116. The van der Waals surface area contributed by atoms with Crippen LogP contribution in [0.2, 0.25) is 0 Å². The molecular weight excluding hydrogens is 335 g/mol. The van der Waals surface area contributed by atoms with Crippen LogP contribution in [-0.2, 0) is 0 Å². The zero-order valence-corrected chi connectivity index (χ0v) is 14.5. The third kappa shape index (κ3) is 3.81. The molecular formula is C20H23FN2O3. The number of phenolic OH excluding ortho intramolecular Hbond substituents is 1. The number of phenols is 1. The number of hydrogen-bond acceptors (Lipinski definition) is 5. The largest absolute Gasteiger partial charge is 0.508 e. The molecule has 2 aliphatic rings. The molecule has 2 aromatic rings. The van der Waals surface area contributed by atoms with Crippen LogP contribution in [0.25, 0.3) is 0 Å². The van der Waals surface area contributed by atoms with E-state index in [1.54, 1.807) is 30.3 Å². The summed E-state index contributed by atoms with van der Waals surface area (Å²) >= 11 is 0. The smallest absolute Gasteiger partial charge is 0.213 e. The highest BCUT2D eigenvalue weighted by Crippen LogP contribution is 2.40. The summed E-state index contributed by atoms with van der Waals surface area (Å²) in [5, 5.41) is 19.8. The molecule has 2 heterocycles. The molecule has 0 spiro atoms. The minimum Gasteiger partial charge on any atom is -0.508 e. The summed E-state index contributed by atoms with van der Waals surface area (Å²) in [6, 6.07) is 9.66. The molecule has 1 aromatic heterocycles. The Balaban J connectivity index is 1.28. The number of ether oxygens (including phenoxy) is 1. The maximum atomic E-state index is 12.9. The van der Waals surface area contributed by atoms with Gasteiger partial charge in [0.25, 0.3) is 0 Å². The van der Waals surface area contributed by atoms with Gasteiger partial charge in [-0.05, 0) is 54.5 Å². The van der Waals surface area contributed by atoms with E-state index >= 15 is 0 Å². The highest BCUT2D eigenvalue weighted by Gasteiger charge is 2.42. The van der Waals surface area contributed by atoms with Crippen molar-refractivity contribution in [2.45, 2.75) is 25.0 Å². The Morgan fingerprint density at radius 2 is 1.81 bits per heavy atom. The number of aromatic hydroxyl groups is 1. The van der Waals surface area contributed by atoms with Crippen LogP contribution < -0.4 is 4.74 Å². The molecule has 138 valence electrons. The molecule has 4 atom stereocenters. The van der Waals surface area contributed by atoms with Gasteiger partial charge in [0.05, 0.1) is 18.4 Å². The molecule has 0 amide bonds. The monoisotopic (exact) mass is 358 g/mol. The molecule has 1 aromatic carbocycles. The number of benzene rings is 1. The van der Waals surface area contributed by atoms with E-state index in [2.05, 4.69) is 9.88 Å². The van der Waals surface area contributed by atoms with Gasteiger partial charge in [0.2, 0.25) is 5.95 Å². The molecule has 1 saturated heterocycles. The van der Waals surface area contributed by atoms with E-state index in [4.69, 9.17) is 4.74 Å². The fourth-order valence-electron chi connectivity index (χ4n) is 4.26. The number of fused-ring (bicyclic) bond motifs is 1. The molecule has 1 saturated carbocycles. The molecule has 1 aliphatic heterocycles. The minimum absolute atomic E-state index is 0.154. The molecule has 0 bridgehead atoms. The number of halogens is 1. The lowest BCUT2D eigenvalue weighted by Crippen LogP contribution is -2.28. The van der Waals surface area contributed by atoms with Crippen LogP contribution in [0.3, 0.4) is 0 Å². The van der Waals surface area contributed by atoms with Crippen molar-refractivity contribution in [1.29, 1.82) is 0 Å². The van der Waals surface area contributed by atoms with Crippen molar-refractivity contribution in [3.05, 3.63) is 54.1 Å². The number of aliphatic hydroxyl groups is 1. The first-order chi connectivity index (χ1) is 12.6. The predicted molar refractivity (Wildman–Crippen MR) is 94.3 cm³/mol. The van der Waals surface area contributed by atoms with Crippen molar-refractivity contribution in [3.63, 3.8) is 0 Å². The SMILES string of the molecule is Oc1ccc(C(O)CN2C[C@H]3C[C@H](Oc4ccc(F)nc4)C[C@H]3C2)cc1. The molecule has 0 radical (unpaired) electrons. The van der Waals surface area contributed by atoms with E-state index in [1.165, 1.54) is 12.3 Å². The lowest BCUT2D eigenvalue weighted by Gasteiger charge is -2.22. The molecule has 1 unspecified atom stereocenters. The number of hydrogen-bond donors (Lipinski definition) is 2. The summed E-state index contributed by atoms with van der Waals surface area (Å²) < 4.78 is 18.8. The second-order valence-electron chi connectivity index (χ2n) is 7.37. The molecule has 6 heteroatoms. The van der Waals surface area contributed by atoms with Gasteiger partial charge in [-0.15, -0.1) is 0 Å². The fraction of sp³-hybridized carbons (Fsp3) is 0.450. The second-order valence-corrected chi connectivity index (χ2v) is 7.37. The van der Waals surface area contributed by atoms with Crippen LogP contribution in [0.5, 0.6) is 11.5 Å². The molecule has 26 heavy (non-hydrogen) atoms. The van der Waals surface area contributed by atoms with Gasteiger partial charge in [-0.2, -0.15) is 4.39 Å². The Labute approximate surface area is 152 Å². The maximum absolute atomic E-state index is 12.9. The quantitative estimate of drug-likeness (QED) is 0.805. The zero-order chi connectivity index (χ0) is 18.1. The fourth-order valence-corrected chi connectivity index (χ4v) is 4.26. The van der Waals surface area contributed by atoms with E-state index < -0.39 is 12.1 Å². The Hall–Kier alpha value is -2.18. The van der Waals surface area contributed by atoms with Gasteiger partial charge < -0.3 is 14.9 Å². The van der Waals surface area contributed by atoms with Gasteiger partial charge in [0.15, 0.2) is 0 Å². The van der Waals surface area contributed by atoms with E-state index in [1.807, 2.05) is 0 Å². The van der Waals surface area contributed by atoms with Gasteiger partial charge in [0.1, 0.15) is 11.5 Å². The first-order valence-corrected chi connectivity index (χ1v) is 9.04. The average Bonchev–Trinajstić information content (AvgIpc) is 3.15. The van der Waals surface area contributed by atoms with Gasteiger partial charge in [0, 0.05) is 19.6 Å². The predicted octanol–water partition coefficient (Wildman–Crippen LogP) is 2.75. The van der Waals surface area contributed by atoms with Crippen molar-refractivity contribution < 1.29 is 19.3 Å². The topological polar surface area (TPSA) is 65.8 Å². The van der Waals surface area contributed by atoms with Crippen molar-refractivity contribution in [2.24, 2.45) is 11.8 Å². The number of pyridine rings is 1. The van der Waals surface area contributed by atoms with Crippen molar-refractivity contribution >= 4 is 0 Å². The standard InChI is InChI=1S/C20H23FN2O3/c21-20-6-5-17(9-22-20)26-18-7-14-10-23(11-15(14)8-18)12-19(25)13-1-3-16(24)4-2-13/h1-6,9,14-15,18-19,24-25H,7-8,10-12H2/t14-,15+,18+,19?. The first-order valence-electron chi connectivity index (χ1n) is 9.04. The van der Waals surface area contributed by atoms with Gasteiger partial charge in [-0.3, -0.25) is 4.90 Å². The van der Waals surface area contributed by atoms with Crippen molar-refractivity contribution in [1.82, 2.24) is 9.88 Å². The Bertz CT molecular complexity index is 724. The number of likely N-dealkylation sites (tertiary alicyclic amines) is 1. The normalized spacial score (nSPS) is 26.6. The second kappa shape index (κ2) is 7.21. The summed E-state index contributed by atoms with van der Waals surface area (Å²) in [4.78, 5) is 5.94. The summed E-state index contributed by atoms with van der Waals surface area (Å²) in [6.45, 7) is 2.52. The van der Waals surface area contributed by atoms with Crippen LogP contribution in [0.15, 0.2) is 42.6 Å². The van der Waals surface area contributed by atoms with E-state index in [0.717, 1.165) is 31.5 Å². The van der Waals surface area contributed by atoms with E-state index in [-0.39, 0.29) is 11.9 Å². The third-order valence-corrected chi connectivity index (χ3v) is 5.50. The van der Waals surface area contributed by atoms with Gasteiger partial charge >= 0.3 is 0 Å². The van der Waals surface area contributed by atoms with Gasteiger partial charge in [-0.1, -0.05) is 12.1 Å². The molecule has 2 fully saturated rings. The van der Waals surface area contributed by atoms with Gasteiger partial charge in [-0.25, -0.2) is 4.98 Å². The molecule has 1 aliphatic carbocycles. The highest BCUT2D eigenvalue weighted by atomic mass is 19.1. The zero-order valence-electron chi connectivity index (χ0n) is 14.5. The Morgan fingerprint density at radius 1 is 1.12 bits per heavy atom. The number of aliphatic hydroxyl groups excluding tert-OH is 1. The lowest BCUT2D eigenvalue weighted by atomic mass is 10.0. The summed E-state index contributed by atoms with van der Waals surface area (Å²) in [7, 11) is 0. The van der Waals surface area contributed by atoms with Crippen molar-refractivity contribution in [2.75, 3.05) is 19.6 Å². The number of β-amino-alcohol motifs (C(OH)–C–C–N with tert-alkyl or cyclic N) is 1. The van der Waals surface area contributed by atoms with Crippen LogP contribution in [-0.4, -0.2) is 45.8 Å². The minimum atomic E-state index is -0.549.